The fraction of sp³-hybridized carbons (Fsp3) is 0.118. The van der Waals surface area contributed by atoms with Crippen molar-refractivity contribution in [2.24, 2.45) is 10.7 Å². The summed E-state index contributed by atoms with van der Waals surface area (Å²) >= 11 is 0. The van der Waals surface area contributed by atoms with Crippen LogP contribution in [0.4, 0.5) is 13.2 Å². The second-order valence-corrected chi connectivity index (χ2v) is 5.36. The number of aliphatic imine (C=N–C) groups is 1. The summed E-state index contributed by atoms with van der Waals surface area (Å²) in [7, 11) is 0. The summed E-state index contributed by atoms with van der Waals surface area (Å²) in [5.74, 6) is -0.327. The molecule has 7 heteroatoms. The molecule has 2 N–H and O–H groups in total. The highest BCUT2D eigenvalue weighted by atomic mass is 19.4. The highest BCUT2D eigenvalue weighted by molar-refractivity contribution is 6.31. The van der Waals surface area contributed by atoms with Crippen molar-refractivity contribution >= 4 is 28.0 Å². The van der Waals surface area contributed by atoms with Gasteiger partial charge in [0, 0.05) is 40.7 Å². The zero-order valence-corrected chi connectivity index (χ0v) is 12.6. The van der Waals surface area contributed by atoms with E-state index in [1.165, 1.54) is 30.5 Å². The molecule has 0 saturated heterocycles. The number of carbonyl (C=O) groups is 1. The van der Waals surface area contributed by atoms with Gasteiger partial charge in [-0.25, -0.2) is 0 Å². The predicted octanol–water partition coefficient (Wildman–Crippen LogP) is 3.64. The third-order valence-electron chi connectivity index (χ3n) is 3.52. The molecule has 24 heavy (non-hydrogen) atoms. The first-order valence-electron chi connectivity index (χ1n) is 7.00. The van der Waals surface area contributed by atoms with Gasteiger partial charge in [-0.3, -0.25) is 14.8 Å². The lowest BCUT2D eigenvalue weighted by atomic mass is 9.95. The molecule has 0 aliphatic carbocycles. The lowest BCUT2D eigenvalue weighted by Gasteiger charge is -2.19. The van der Waals surface area contributed by atoms with Crippen molar-refractivity contribution in [3.8, 4) is 0 Å². The van der Waals surface area contributed by atoms with Gasteiger partial charge in [-0.1, -0.05) is 6.07 Å². The number of ketones is 1. The smallest absolute Gasteiger partial charge is 0.402 e. The minimum atomic E-state index is -4.51. The van der Waals surface area contributed by atoms with Crippen LogP contribution in [-0.4, -0.2) is 22.7 Å². The third-order valence-corrected chi connectivity index (χ3v) is 3.52. The molecule has 2 aromatic rings. The number of allylic oxidation sites excluding steroid dienone is 3. The molecule has 0 atom stereocenters. The summed E-state index contributed by atoms with van der Waals surface area (Å²) in [6, 6.07) is 6.14. The molecular weight excluding hydrogens is 319 g/mol. The Bertz CT molecular complexity index is 936. The van der Waals surface area contributed by atoms with Crippen molar-refractivity contribution in [3.63, 3.8) is 0 Å². The lowest BCUT2D eigenvalue weighted by molar-refractivity contribution is -0.0576. The zero-order chi connectivity index (χ0) is 17.5. The molecule has 1 aromatic heterocycles. The van der Waals surface area contributed by atoms with Gasteiger partial charge >= 0.3 is 6.18 Å². The first-order chi connectivity index (χ1) is 11.3. The standard InChI is InChI=1S/C17H12F3N3O/c1-9(21)6-15(24)11-4-5-22-14-3-2-10(7-12(11)14)13-8-23-16(13)17(18,19)20/h2-8H,21H2,1H3. The number of nitrogens with two attached hydrogens (primary N) is 1. The SMILES string of the molecule is CC(N)=CC(=O)c1ccnc2ccc(C3=CN=C3C(F)(F)F)cc12. The van der Waals surface area contributed by atoms with Crippen LogP contribution in [-0.2, 0) is 0 Å². The molecule has 1 aliphatic heterocycles. The highest BCUT2D eigenvalue weighted by Gasteiger charge is 2.41. The van der Waals surface area contributed by atoms with Gasteiger partial charge in [0.2, 0.25) is 0 Å². The number of hydrogen-bond donors (Lipinski definition) is 1. The van der Waals surface area contributed by atoms with Crippen LogP contribution in [0.1, 0.15) is 22.8 Å². The van der Waals surface area contributed by atoms with Gasteiger partial charge in [0.25, 0.3) is 0 Å². The molecule has 1 aliphatic rings. The average Bonchev–Trinajstić information content (AvgIpc) is 2.42. The number of nitrogens with zero attached hydrogens (tertiary/aromatic N) is 2. The molecule has 4 nitrogen and oxygen atoms in total. The number of halogens is 3. The molecular formula is C17H12F3N3O. The summed E-state index contributed by atoms with van der Waals surface area (Å²) in [6.07, 6.45) is -0.607. The largest absolute Gasteiger partial charge is 0.434 e. The molecule has 2 heterocycles. The van der Waals surface area contributed by atoms with Crippen molar-refractivity contribution in [1.29, 1.82) is 0 Å². The summed E-state index contributed by atoms with van der Waals surface area (Å²) in [5.41, 5.74) is 6.12. The van der Waals surface area contributed by atoms with Crippen LogP contribution in [0, 0.1) is 0 Å². The van der Waals surface area contributed by atoms with E-state index < -0.39 is 11.9 Å². The second-order valence-electron chi connectivity index (χ2n) is 5.36. The average molecular weight is 331 g/mol. The number of aromatic nitrogens is 1. The van der Waals surface area contributed by atoms with Crippen LogP contribution in [0.2, 0.25) is 0 Å². The number of alkyl halides is 3. The Morgan fingerprint density at radius 1 is 1.25 bits per heavy atom. The van der Waals surface area contributed by atoms with Gasteiger partial charge in [0.1, 0.15) is 0 Å². The molecule has 0 bridgehead atoms. The van der Waals surface area contributed by atoms with Crippen LogP contribution in [0.15, 0.2) is 53.4 Å². The van der Waals surface area contributed by atoms with Gasteiger partial charge in [-0.05, 0) is 30.7 Å². The summed E-state index contributed by atoms with van der Waals surface area (Å²) in [4.78, 5) is 19.7. The van der Waals surface area contributed by atoms with E-state index in [0.717, 1.165) is 6.20 Å². The van der Waals surface area contributed by atoms with E-state index in [0.29, 0.717) is 27.7 Å². The van der Waals surface area contributed by atoms with Crippen LogP contribution >= 0.6 is 0 Å². The number of carbonyl (C=O) groups excluding carboxylic acids is 1. The van der Waals surface area contributed by atoms with Crippen molar-refractivity contribution in [3.05, 3.63) is 59.6 Å². The van der Waals surface area contributed by atoms with Crippen molar-refractivity contribution in [2.45, 2.75) is 13.1 Å². The summed E-state index contributed by atoms with van der Waals surface area (Å²) in [6.45, 7) is 1.58. The van der Waals surface area contributed by atoms with Crippen LogP contribution in [0.5, 0.6) is 0 Å². The van der Waals surface area contributed by atoms with E-state index in [9.17, 15) is 18.0 Å². The van der Waals surface area contributed by atoms with Crippen LogP contribution < -0.4 is 5.73 Å². The predicted molar refractivity (Wildman–Crippen MR) is 85.5 cm³/mol. The van der Waals surface area contributed by atoms with E-state index in [1.54, 1.807) is 13.0 Å². The Morgan fingerprint density at radius 3 is 2.58 bits per heavy atom. The van der Waals surface area contributed by atoms with E-state index in [4.69, 9.17) is 5.73 Å². The third kappa shape index (κ3) is 2.80. The highest BCUT2D eigenvalue weighted by Crippen LogP contribution is 2.34. The number of rotatable bonds is 3. The van der Waals surface area contributed by atoms with E-state index in [-0.39, 0.29) is 11.4 Å². The maximum absolute atomic E-state index is 12.8. The monoisotopic (exact) mass is 331 g/mol. The van der Waals surface area contributed by atoms with Gasteiger partial charge in [-0.15, -0.1) is 0 Å². The van der Waals surface area contributed by atoms with E-state index in [1.807, 2.05) is 0 Å². The minimum absolute atomic E-state index is 0.00259. The second kappa shape index (κ2) is 5.59. The van der Waals surface area contributed by atoms with Crippen LogP contribution in [0.3, 0.4) is 0 Å². The fourth-order valence-electron chi connectivity index (χ4n) is 2.44. The molecule has 0 spiro atoms. The molecule has 122 valence electrons. The fourth-order valence-corrected chi connectivity index (χ4v) is 2.44. The molecule has 0 radical (unpaired) electrons. The normalized spacial score (nSPS) is 14.9. The Morgan fingerprint density at radius 2 is 2.00 bits per heavy atom. The molecule has 0 fully saturated rings. The molecule has 1 aromatic carbocycles. The van der Waals surface area contributed by atoms with Crippen molar-refractivity contribution < 1.29 is 18.0 Å². The van der Waals surface area contributed by atoms with E-state index in [2.05, 4.69) is 9.98 Å². The van der Waals surface area contributed by atoms with Gasteiger partial charge in [0.05, 0.1) is 5.52 Å². The number of pyridine rings is 1. The van der Waals surface area contributed by atoms with Crippen LogP contribution in [0.25, 0.3) is 16.5 Å². The Hall–Kier alpha value is -2.96. The number of hydrogen-bond acceptors (Lipinski definition) is 4. The van der Waals surface area contributed by atoms with Gasteiger partial charge < -0.3 is 5.73 Å². The maximum atomic E-state index is 12.8. The summed E-state index contributed by atoms with van der Waals surface area (Å²) in [5, 5.41) is 0.465. The lowest BCUT2D eigenvalue weighted by Crippen LogP contribution is -2.27. The first-order valence-corrected chi connectivity index (χ1v) is 7.00. The molecule has 0 amide bonds. The van der Waals surface area contributed by atoms with Crippen molar-refractivity contribution in [2.75, 3.05) is 0 Å². The molecule has 3 rings (SSSR count). The number of fused-ring (bicyclic) bond motifs is 1. The molecule has 0 unspecified atom stereocenters. The minimum Gasteiger partial charge on any atom is -0.402 e. The zero-order valence-electron chi connectivity index (χ0n) is 12.6. The van der Waals surface area contributed by atoms with Gasteiger partial charge in [-0.2, -0.15) is 13.2 Å². The topological polar surface area (TPSA) is 68.3 Å². The van der Waals surface area contributed by atoms with Crippen molar-refractivity contribution in [1.82, 2.24) is 4.98 Å². The first kappa shape index (κ1) is 15.9. The Kier molecular flexibility index (Phi) is 3.71. The maximum Gasteiger partial charge on any atom is 0.434 e. The van der Waals surface area contributed by atoms with Gasteiger partial charge in [0.15, 0.2) is 11.5 Å². The van der Waals surface area contributed by atoms with E-state index >= 15 is 0 Å². The Labute approximate surface area is 135 Å². The Balaban J connectivity index is 2.09. The quantitative estimate of drug-likeness (QED) is 0.690. The number of benzene rings is 1. The molecule has 0 saturated carbocycles. The summed E-state index contributed by atoms with van der Waals surface area (Å²) < 4.78 is 38.5.